The Kier molecular flexibility index (Phi) is 6.15. The molecule has 5 rings (SSSR count). The first-order chi connectivity index (χ1) is 17.0. The Bertz CT molecular complexity index is 1430. The number of sulfonamides is 1. The number of hydrogen-bond donors (Lipinski definition) is 2. The smallest absolute Gasteiger partial charge is 0.262 e. The highest BCUT2D eigenvalue weighted by atomic mass is 32.2. The topological polar surface area (TPSA) is 98.7 Å². The second-order valence-electron chi connectivity index (χ2n) is 7.93. The van der Waals surface area contributed by atoms with Crippen LogP contribution in [0.1, 0.15) is 16.8 Å². The number of aromatic nitrogens is 1. The lowest BCUT2D eigenvalue weighted by Crippen LogP contribution is -2.14. The Morgan fingerprint density at radius 3 is 2.17 bits per heavy atom. The van der Waals surface area contributed by atoms with Crippen molar-refractivity contribution in [1.82, 2.24) is 4.57 Å². The van der Waals surface area contributed by atoms with Crippen LogP contribution in [0.2, 0.25) is 0 Å². The minimum atomic E-state index is -3.84. The van der Waals surface area contributed by atoms with Crippen molar-refractivity contribution < 1.29 is 22.7 Å². The first-order valence-electron chi connectivity index (χ1n) is 11.1. The fraction of sp³-hybridized carbons (Fsp3) is 0.115. The molecule has 4 aromatic rings. The molecular weight excluding hydrogens is 466 g/mol. The molecule has 0 saturated heterocycles. The average molecular weight is 490 g/mol. The predicted octanol–water partition coefficient (Wildman–Crippen LogP) is 4.69. The van der Waals surface area contributed by atoms with Crippen LogP contribution in [0.5, 0.6) is 11.5 Å². The van der Waals surface area contributed by atoms with Crippen molar-refractivity contribution >= 4 is 27.3 Å². The highest BCUT2D eigenvalue weighted by Crippen LogP contribution is 2.32. The molecule has 0 atom stereocenters. The van der Waals surface area contributed by atoms with Crippen LogP contribution in [0.15, 0.2) is 96.2 Å². The molecule has 1 amide bonds. The average Bonchev–Trinajstić information content (AvgIpc) is 3.30. The molecule has 9 heteroatoms. The summed E-state index contributed by atoms with van der Waals surface area (Å²) in [5.41, 5.74) is 2.38. The lowest BCUT2D eigenvalue weighted by molar-refractivity contribution is 0.102. The number of carbonyl (C=O) groups is 1. The number of benzene rings is 3. The number of ether oxygens (including phenoxy) is 2. The van der Waals surface area contributed by atoms with E-state index in [2.05, 4.69) is 10.0 Å². The van der Waals surface area contributed by atoms with E-state index < -0.39 is 10.0 Å². The number of fused-ring (bicyclic) bond motifs is 1. The van der Waals surface area contributed by atoms with Crippen molar-refractivity contribution in [2.45, 2.75) is 11.3 Å². The van der Waals surface area contributed by atoms with Gasteiger partial charge in [0.25, 0.3) is 15.9 Å². The van der Waals surface area contributed by atoms with Crippen molar-refractivity contribution in [1.29, 1.82) is 0 Å². The molecule has 1 aliphatic rings. The van der Waals surface area contributed by atoms with Crippen molar-refractivity contribution in [3.05, 3.63) is 96.8 Å². The van der Waals surface area contributed by atoms with Crippen molar-refractivity contribution in [3.63, 3.8) is 0 Å². The summed E-state index contributed by atoms with van der Waals surface area (Å²) in [4.78, 5) is 12.7. The lowest BCUT2D eigenvalue weighted by atomic mass is 10.2. The van der Waals surface area contributed by atoms with Gasteiger partial charge in [0.15, 0.2) is 11.5 Å². The zero-order chi connectivity index (χ0) is 24.3. The first kappa shape index (κ1) is 22.5. The number of anilines is 2. The highest BCUT2D eigenvalue weighted by molar-refractivity contribution is 7.92. The molecule has 178 valence electrons. The molecule has 1 aromatic heterocycles. The zero-order valence-electron chi connectivity index (χ0n) is 18.7. The standard InChI is InChI=1S/C26H23N3O5S/c30-26(19-4-10-22(11-5-19)29-14-1-2-15-29)27-20-6-8-21(9-7-20)28-35(31,32)23-12-13-24-25(18-23)34-17-3-16-33-24/h1-2,4-15,18,28H,3,16-17H2,(H,27,30). The van der Waals surface area contributed by atoms with Crippen LogP contribution in [0.4, 0.5) is 11.4 Å². The van der Waals surface area contributed by atoms with Crippen LogP contribution in [0, 0.1) is 0 Å². The quantitative estimate of drug-likeness (QED) is 0.409. The third kappa shape index (κ3) is 5.15. The van der Waals surface area contributed by atoms with Gasteiger partial charge < -0.3 is 19.4 Å². The molecule has 0 fully saturated rings. The molecule has 0 radical (unpaired) electrons. The number of nitrogens with zero attached hydrogens (tertiary/aromatic N) is 1. The molecule has 8 nitrogen and oxygen atoms in total. The van der Waals surface area contributed by atoms with E-state index >= 15 is 0 Å². The predicted molar refractivity (Wildman–Crippen MR) is 133 cm³/mol. The molecule has 2 N–H and O–H groups in total. The van der Waals surface area contributed by atoms with Crippen LogP contribution in [0.3, 0.4) is 0 Å². The zero-order valence-corrected chi connectivity index (χ0v) is 19.5. The monoisotopic (exact) mass is 489 g/mol. The highest BCUT2D eigenvalue weighted by Gasteiger charge is 2.19. The van der Waals surface area contributed by atoms with Gasteiger partial charge in [0.2, 0.25) is 0 Å². The van der Waals surface area contributed by atoms with Crippen LogP contribution in [-0.2, 0) is 10.0 Å². The van der Waals surface area contributed by atoms with E-state index in [0.717, 1.165) is 12.1 Å². The number of nitrogens with one attached hydrogen (secondary N) is 2. The Hall–Kier alpha value is -4.24. The van der Waals surface area contributed by atoms with Crippen molar-refractivity contribution in [2.75, 3.05) is 23.3 Å². The summed E-state index contributed by atoms with van der Waals surface area (Å²) in [6.07, 6.45) is 4.59. The molecule has 3 aromatic carbocycles. The van der Waals surface area contributed by atoms with E-state index in [1.807, 2.05) is 41.2 Å². The maximum Gasteiger partial charge on any atom is 0.262 e. The summed E-state index contributed by atoms with van der Waals surface area (Å²) in [5.74, 6) is 0.676. The summed E-state index contributed by atoms with van der Waals surface area (Å²) >= 11 is 0. The Balaban J connectivity index is 1.24. The number of rotatable bonds is 6. The number of carbonyl (C=O) groups excluding carboxylic acids is 1. The van der Waals surface area contributed by atoms with Gasteiger partial charge in [-0.25, -0.2) is 8.42 Å². The minimum Gasteiger partial charge on any atom is -0.490 e. The van der Waals surface area contributed by atoms with Gasteiger partial charge in [0.05, 0.1) is 18.1 Å². The number of hydrogen-bond acceptors (Lipinski definition) is 5. The second kappa shape index (κ2) is 9.55. The van der Waals surface area contributed by atoms with E-state index in [-0.39, 0.29) is 10.8 Å². The molecule has 35 heavy (non-hydrogen) atoms. The van der Waals surface area contributed by atoms with Gasteiger partial charge in [-0.1, -0.05) is 0 Å². The first-order valence-corrected chi connectivity index (χ1v) is 12.5. The van der Waals surface area contributed by atoms with E-state index in [9.17, 15) is 13.2 Å². The Labute approximate surface area is 203 Å². The van der Waals surface area contributed by atoms with Gasteiger partial charge in [-0.3, -0.25) is 9.52 Å². The lowest BCUT2D eigenvalue weighted by Gasteiger charge is -2.12. The van der Waals surface area contributed by atoms with Gasteiger partial charge >= 0.3 is 0 Å². The normalized spacial score (nSPS) is 13.0. The van der Waals surface area contributed by atoms with Gasteiger partial charge in [0.1, 0.15) is 0 Å². The third-order valence-electron chi connectivity index (χ3n) is 5.46. The summed E-state index contributed by atoms with van der Waals surface area (Å²) in [6, 6.07) is 22.1. The van der Waals surface area contributed by atoms with Crippen LogP contribution in [0.25, 0.3) is 5.69 Å². The van der Waals surface area contributed by atoms with Gasteiger partial charge in [-0.05, 0) is 72.8 Å². The van der Waals surface area contributed by atoms with Crippen molar-refractivity contribution in [2.24, 2.45) is 0 Å². The van der Waals surface area contributed by atoms with Gasteiger partial charge in [0, 0.05) is 47.5 Å². The molecule has 0 unspecified atom stereocenters. The maximum atomic E-state index is 12.9. The van der Waals surface area contributed by atoms with E-state index in [1.165, 1.54) is 12.1 Å². The summed E-state index contributed by atoms with van der Waals surface area (Å²) in [6.45, 7) is 0.994. The summed E-state index contributed by atoms with van der Waals surface area (Å²) in [7, 11) is -3.84. The molecule has 0 spiro atoms. The minimum absolute atomic E-state index is 0.0717. The van der Waals surface area contributed by atoms with Crippen LogP contribution < -0.4 is 19.5 Å². The fourth-order valence-corrected chi connectivity index (χ4v) is 4.71. The Morgan fingerprint density at radius 1 is 0.800 bits per heavy atom. The molecule has 1 aliphatic heterocycles. The van der Waals surface area contributed by atoms with E-state index in [4.69, 9.17) is 9.47 Å². The van der Waals surface area contributed by atoms with Gasteiger partial charge in [-0.15, -0.1) is 0 Å². The molecule has 0 aliphatic carbocycles. The maximum absolute atomic E-state index is 12.9. The van der Waals surface area contributed by atoms with Crippen molar-refractivity contribution in [3.8, 4) is 17.2 Å². The largest absolute Gasteiger partial charge is 0.490 e. The summed E-state index contributed by atoms with van der Waals surface area (Å²) < 4.78 is 41.4. The molecular formula is C26H23N3O5S. The summed E-state index contributed by atoms with van der Waals surface area (Å²) in [5, 5.41) is 2.82. The SMILES string of the molecule is O=C(Nc1ccc(NS(=O)(=O)c2ccc3c(c2)OCCCO3)cc1)c1ccc(-n2cccc2)cc1. The van der Waals surface area contributed by atoms with Gasteiger partial charge in [-0.2, -0.15) is 0 Å². The Morgan fingerprint density at radius 2 is 1.46 bits per heavy atom. The molecule has 2 heterocycles. The third-order valence-corrected chi connectivity index (χ3v) is 6.84. The van der Waals surface area contributed by atoms with E-state index in [0.29, 0.717) is 41.7 Å². The second-order valence-corrected chi connectivity index (χ2v) is 9.62. The number of amides is 1. The molecule has 0 bridgehead atoms. The fourth-order valence-electron chi connectivity index (χ4n) is 3.64. The van der Waals surface area contributed by atoms with E-state index in [1.54, 1.807) is 42.5 Å². The van der Waals surface area contributed by atoms with Crippen LogP contribution >= 0.6 is 0 Å². The van der Waals surface area contributed by atoms with Crippen LogP contribution in [-0.4, -0.2) is 32.1 Å². The molecule has 0 saturated carbocycles.